The first-order chi connectivity index (χ1) is 27.9. The highest BCUT2D eigenvalue weighted by atomic mass is 33.1. The van der Waals surface area contributed by atoms with Gasteiger partial charge in [0.1, 0.15) is 19.8 Å². The van der Waals surface area contributed by atoms with Crippen LogP contribution >= 0.6 is 21.6 Å². The summed E-state index contributed by atoms with van der Waals surface area (Å²) in [5.41, 5.74) is 0. The molecule has 1 saturated heterocycles. The van der Waals surface area contributed by atoms with Crippen LogP contribution in [0.2, 0.25) is 0 Å². The highest BCUT2D eigenvalue weighted by molar-refractivity contribution is 8.76. The second-order valence-corrected chi connectivity index (χ2v) is 18.2. The fourth-order valence-electron chi connectivity index (χ4n) is 6.49. The van der Waals surface area contributed by atoms with Gasteiger partial charge in [0.05, 0.1) is 19.3 Å². The minimum Gasteiger partial charge on any atom is -0.465 e. The Morgan fingerprint density at radius 2 is 1.00 bits per heavy atom. The molecule has 1 fully saturated rings. The summed E-state index contributed by atoms with van der Waals surface area (Å²) in [5, 5.41) is 0. The Morgan fingerprint density at radius 1 is 0.526 bits per heavy atom. The van der Waals surface area contributed by atoms with E-state index in [-0.39, 0.29) is 44.0 Å². The largest absolute Gasteiger partial charge is 0.465 e. The van der Waals surface area contributed by atoms with E-state index < -0.39 is 6.29 Å². The zero-order chi connectivity index (χ0) is 41.4. The van der Waals surface area contributed by atoms with Gasteiger partial charge in [-0.1, -0.05) is 126 Å². The quantitative estimate of drug-likeness (QED) is 0.0192. The molecule has 0 amide bonds. The maximum atomic E-state index is 12.6. The van der Waals surface area contributed by atoms with E-state index in [9.17, 15) is 14.4 Å². The molecule has 0 aliphatic carbocycles. The van der Waals surface area contributed by atoms with Crippen LogP contribution < -0.4 is 0 Å². The summed E-state index contributed by atoms with van der Waals surface area (Å²) in [6, 6.07) is 0. The van der Waals surface area contributed by atoms with Crippen LogP contribution in [0, 0.1) is 0 Å². The number of hydrogen-bond donors (Lipinski definition) is 0. The lowest BCUT2D eigenvalue weighted by Crippen LogP contribution is -2.45. The Balaban J connectivity index is 2.34. The molecule has 0 aromatic carbocycles. The minimum absolute atomic E-state index is 0.0149. The van der Waals surface area contributed by atoms with Gasteiger partial charge < -0.3 is 38.4 Å². The van der Waals surface area contributed by atoms with Gasteiger partial charge in [-0.2, -0.15) is 0 Å². The second kappa shape index (κ2) is 40.3. The third-order valence-electron chi connectivity index (χ3n) is 10.2. The zero-order valence-corrected chi connectivity index (χ0v) is 38.6. The standard InChI is InChI=1S/C44H85N3O8S2/c1-5-8-11-14-15-16-17-20-39-56-57-40-38-53-43(50)25-29-46(26-21-27-47-32-30-45(4)31-33-47)28-24-42(49)52-37-36-51-41(48)22-23-44(54-34-18-12-9-6-2)55-35-19-13-10-7-3/h44H,5-40H2,1-4H3. The number of esters is 3. The maximum Gasteiger partial charge on any atom is 0.307 e. The summed E-state index contributed by atoms with van der Waals surface area (Å²) in [6.45, 7) is 15.4. The Hall–Kier alpha value is -1.09. The summed E-state index contributed by atoms with van der Waals surface area (Å²) < 4.78 is 28.2. The van der Waals surface area contributed by atoms with E-state index in [0.29, 0.717) is 45.8 Å². The van der Waals surface area contributed by atoms with Gasteiger partial charge in [0.25, 0.3) is 0 Å². The topological polar surface area (TPSA) is 107 Å². The first kappa shape index (κ1) is 53.9. The fraction of sp³-hybridized carbons (Fsp3) is 0.932. The zero-order valence-electron chi connectivity index (χ0n) is 37.0. The molecule has 1 aliphatic heterocycles. The Kier molecular flexibility index (Phi) is 38.1. The predicted octanol–water partition coefficient (Wildman–Crippen LogP) is 9.16. The Labute approximate surface area is 356 Å². The number of hydrogen-bond acceptors (Lipinski definition) is 13. The third kappa shape index (κ3) is 35.4. The third-order valence-corrected chi connectivity index (χ3v) is 12.7. The normalized spacial score (nSPS) is 13.8. The summed E-state index contributed by atoms with van der Waals surface area (Å²) in [7, 11) is 5.82. The number of piperazine rings is 1. The van der Waals surface area contributed by atoms with Crippen LogP contribution in [-0.2, 0) is 38.1 Å². The molecule has 13 heteroatoms. The van der Waals surface area contributed by atoms with Gasteiger partial charge in [0.2, 0.25) is 0 Å². The summed E-state index contributed by atoms with van der Waals surface area (Å²) in [6.07, 6.45) is 21.3. The molecule has 0 unspecified atom stereocenters. The smallest absolute Gasteiger partial charge is 0.307 e. The lowest BCUT2D eigenvalue weighted by molar-refractivity contribution is -0.161. The molecule has 0 spiro atoms. The number of ether oxygens (including phenoxy) is 5. The van der Waals surface area contributed by atoms with E-state index in [4.69, 9.17) is 23.7 Å². The predicted molar refractivity (Wildman–Crippen MR) is 238 cm³/mol. The Bertz CT molecular complexity index is 931. The lowest BCUT2D eigenvalue weighted by atomic mass is 10.1. The van der Waals surface area contributed by atoms with Gasteiger partial charge in [0, 0.05) is 70.4 Å². The molecule has 0 saturated carbocycles. The molecule has 1 heterocycles. The molecule has 1 rings (SSSR count). The van der Waals surface area contributed by atoms with Crippen molar-refractivity contribution in [1.82, 2.24) is 14.7 Å². The first-order valence-electron chi connectivity index (χ1n) is 23.0. The lowest BCUT2D eigenvalue weighted by Gasteiger charge is -2.33. The highest BCUT2D eigenvalue weighted by Gasteiger charge is 2.17. The van der Waals surface area contributed by atoms with Gasteiger partial charge in [-0.3, -0.25) is 14.4 Å². The van der Waals surface area contributed by atoms with E-state index in [0.717, 1.165) is 82.9 Å². The van der Waals surface area contributed by atoms with Crippen molar-refractivity contribution in [2.24, 2.45) is 0 Å². The molecule has 336 valence electrons. The molecular weight excluding hydrogens is 763 g/mol. The average Bonchev–Trinajstić information content (AvgIpc) is 3.21. The fourth-order valence-corrected chi connectivity index (χ4v) is 8.46. The first-order valence-corrected chi connectivity index (χ1v) is 25.4. The number of unbranched alkanes of at least 4 members (excludes halogenated alkanes) is 13. The van der Waals surface area contributed by atoms with Crippen molar-refractivity contribution < 1.29 is 38.1 Å². The van der Waals surface area contributed by atoms with Crippen LogP contribution in [0.4, 0.5) is 0 Å². The molecule has 0 atom stereocenters. The molecule has 0 aromatic heterocycles. The van der Waals surface area contributed by atoms with Gasteiger partial charge in [-0.25, -0.2) is 0 Å². The second-order valence-electron chi connectivity index (χ2n) is 15.5. The van der Waals surface area contributed by atoms with Crippen molar-refractivity contribution in [2.75, 3.05) is 104 Å². The van der Waals surface area contributed by atoms with Gasteiger partial charge in [0.15, 0.2) is 6.29 Å². The van der Waals surface area contributed by atoms with Gasteiger partial charge >= 0.3 is 17.9 Å². The van der Waals surface area contributed by atoms with E-state index in [2.05, 4.69) is 42.5 Å². The van der Waals surface area contributed by atoms with Crippen LogP contribution in [0.15, 0.2) is 0 Å². The van der Waals surface area contributed by atoms with E-state index in [1.54, 1.807) is 10.8 Å². The molecule has 1 aliphatic rings. The maximum absolute atomic E-state index is 12.6. The molecule has 0 N–H and O–H groups in total. The van der Waals surface area contributed by atoms with Crippen LogP contribution in [-0.4, -0.2) is 143 Å². The van der Waals surface area contributed by atoms with Crippen molar-refractivity contribution in [2.45, 2.75) is 162 Å². The van der Waals surface area contributed by atoms with E-state index >= 15 is 0 Å². The molecule has 0 bridgehead atoms. The molecule has 0 aromatic rings. The molecule has 0 radical (unpaired) electrons. The van der Waals surface area contributed by atoms with Crippen LogP contribution in [0.25, 0.3) is 0 Å². The van der Waals surface area contributed by atoms with Gasteiger partial charge in [-0.05, 0) is 45.8 Å². The Morgan fingerprint density at radius 3 is 1.56 bits per heavy atom. The minimum atomic E-state index is -0.415. The van der Waals surface area contributed by atoms with Crippen molar-refractivity contribution in [3.8, 4) is 0 Å². The number of rotatable bonds is 41. The van der Waals surface area contributed by atoms with Crippen molar-refractivity contribution in [3.63, 3.8) is 0 Å². The number of likely N-dealkylation sites (N-methyl/N-ethyl adjacent to an activating group) is 1. The van der Waals surface area contributed by atoms with Crippen molar-refractivity contribution >= 4 is 39.5 Å². The summed E-state index contributed by atoms with van der Waals surface area (Å²) in [4.78, 5) is 44.7. The number of nitrogens with zero attached hydrogens (tertiary/aromatic N) is 3. The monoisotopic (exact) mass is 848 g/mol. The molecule has 11 nitrogen and oxygen atoms in total. The highest BCUT2D eigenvalue weighted by Crippen LogP contribution is 2.23. The number of carbonyl (C=O) groups is 3. The average molecular weight is 848 g/mol. The van der Waals surface area contributed by atoms with Crippen LogP contribution in [0.5, 0.6) is 0 Å². The van der Waals surface area contributed by atoms with E-state index in [1.807, 2.05) is 10.8 Å². The van der Waals surface area contributed by atoms with Crippen molar-refractivity contribution in [1.29, 1.82) is 0 Å². The molecular formula is C44H85N3O8S2. The SMILES string of the molecule is CCCCCCCCCCSSCCOC(=O)CCN(CCCN1CCN(C)CC1)CCC(=O)OCCOC(=O)CCC(OCCCCCC)OCCCCCC. The van der Waals surface area contributed by atoms with Crippen molar-refractivity contribution in [3.05, 3.63) is 0 Å². The summed E-state index contributed by atoms with van der Waals surface area (Å²) >= 11 is 0. The molecule has 57 heavy (non-hydrogen) atoms. The summed E-state index contributed by atoms with van der Waals surface area (Å²) in [5.74, 6) is 1.06. The van der Waals surface area contributed by atoms with E-state index in [1.165, 1.54) is 77.0 Å². The van der Waals surface area contributed by atoms with Crippen LogP contribution in [0.1, 0.15) is 156 Å². The number of carbonyl (C=O) groups excluding carboxylic acids is 3. The van der Waals surface area contributed by atoms with Crippen LogP contribution in [0.3, 0.4) is 0 Å². The van der Waals surface area contributed by atoms with Gasteiger partial charge in [-0.15, -0.1) is 0 Å².